The summed E-state index contributed by atoms with van der Waals surface area (Å²) in [6, 6.07) is 15.9. The van der Waals surface area contributed by atoms with Gasteiger partial charge in [0.15, 0.2) is 0 Å². The predicted octanol–water partition coefficient (Wildman–Crippen LogP) is 3.73. The number of H-pyrrole nitrogens is 2. The van der Waals surface area contributed by atoms with E-state index in [0.29, 0.717) is 11.4 Å². The van der Waals surface area contributed by atoms with Gasteiger partial charge in [-0.15, -0.1) is 0 Å². The lowest BCUT2D eigenvalue weighted by Crippen LogP contribution is -2.46. The van der Waals surface area contributed by atoms with Gasteiger partial charge >= 0.3 is 0 Å². The van der Waals surface area contributed by atoms with Gasteiger partial charge in [0.25, 0.3) is 5.56 Å². The van der Waals surface area contributed by atoms with Crippen molar-refractivity contribution >= 4 is 16.7 Å². The number of allylic oxidation sites excluding steroid dienone is 2. The maximum Gasteiger partial charge on any atom is 0.260 e. The van der Waals surface area contributed by atoms with E-state index in [1.165, 1.54) is 0 Å². The Labute approximate surface area is 198 Å². The molecule has 0 atom stereocenters. The zero-order valence-corrected chi connectivity index (χ0v) is 19.0. The quantitative estimate of drug-likeness (QED) is 0.388. The van der Waals surface area contributed by atoms with Crippen molar-refractivity contribution in [2.24, 2.45) is 5.73 Å². The number of benzene rings is 1. The Bertz CT molecular complexity index is 1400. The van der Waals surface area contributed by atoms with Crippen LogP contribution in [0.25, 0.3) is 33.7 Å². The molecule has 2 aromatic rings. The van der Waals surface area contributed by atoms with Crippen LogP contribution >= 0.6 is 0 Å². The third-order valence-electron chi connectivity index (χ3n) is 6.29. The highest BCUT2D eigenvalue weighted by molar-refractivity contribution is 5.87. The van der Waals surface area contributed by atoms with Gasteiger partial charge < -0.3 is 20.6 Å². The van der Waals surface area contributed by atoms with Gasteiger partial charge in [-0.25, -0.2) is 4.98 Å². The summed E-state index contributed by atoms with van der Waals surface area (Å²) in [6.45, 7) is 8.30. The molecule has 1 fully saturated rings. The van der Waals surface area contributed by atoms with Gasteiger partial charge in [0, 0.05) is 49.7 Å². The summed E-state index contributed by atoms with van der Waals surface area (Å²) in [6.07, 6.45) is 7.34. The number of imidazole rings is 1. The molecular weight excluding hydrogens is 424 g/mol. The molecule has 1 aromatic heterocycles. The van der Waals surface area contributed by atoms with E-state index in [4.69, 9.17) is 10.7 Å². The minimum absolute atomic E-state index is 0.134. The summed E-state index contributed by atoms with van der Waals surface area (Å²) >= 11 is 0. The molecule has 7 heteroatoms. The Morgan fingerprint density at radius 2 is 1.91 bits per heavy atom. The number of rotatable bonds is 6. The second kappa shape index (κ2) is 9.41. The number of nitrogens with two attached hydrogens (primary N) is 1. The van der Waals surface area contributed by atoms with Crippen molar-refractivity contribution in [2.45, 2.75) is 0 Å². The lowest BCUT2D eigenvalue weighted by molar-refractivity contribution is 0.280. The van der Waals surface area contributed by atoms with Gasteiger partial charge in [-0.3, -0.25) is 9.69 Å². The van der Waals surface area contributed by atoms with Crippen molar-refractivity contribution in [1.82, 2.24) is 19.9 Å². The second-order valence-electron chi connectivity index (χ2n) is 8.45. The monoisotopic (exact) mass is 452 g/mol. The number of nitrogens with zero attached hydrogens (tertiary/aromatic N) is 3. The van der Waals surface area contributed by atoms with E-state index in [1.54, 1.807) is 12.3 Å². The van der Waals surface area contributed by atoms with Gasteiger partial charge in [-0.1, -0.05) is 49.1 Å². The SMILES string of the molecule is C=C/C=C\C(=C/N)CN1CCN(c2ccc3[nH]c(-c4c5cccccc-5[nH]c4=O)nc3c2)CC1. The van der Waals surface area contributed by atoms with Crippen molar-refractivity contribution in [3.05, 3.63) is 95.5 Å². The number of fused-ring (bicyclic) bond motifs is 2. The number of aromatic amines is 2. The standard InChI is InChI=1S/C27H28N6O/c1-2-3-7-19(17-28)18-32-12-14-33(15-13-32)20-10-11-23-24(16-20)30-26(29-23)25-21-8-5-4-6-9-22(21)31-27(25)34/h2-11,16-17H,1,12-15,18,28H2,(H,29,30)(H,31,34)/b7-3-,19-17+. The van der Waals surface area contributed by atoms with Gasteiger partial charge in [-0.2, -0.15) is 0 Å². The van der Waals surface area contributed by atoms with E-state index < -0.39 is 0 Å². The van der Waals surface area contributed by atoms with Crippen LogP contribution in [0, 0.1) is 0 Å². The zero-order chi connectivity index (χ0) is 23.5. The molecule has 0 spiro atoms. The van der Waals surface area contributed by atoms with E-state index in [9.17, 15) is 4.79 Å². The minimum Gasteiger partial charge on any atom is -0.404 e. The number of anilines is 1. The predicted molar refractivity (Wildman–Crippen MR) is 139 cm³/mol. The van der Waals surface area contributed by atoms with Crippen molar-refractivity contribution in [3.8, 4) is 22.6 Å². The van der Waals surface area contributed by atoms with Crippen molar-refractivity contribution in [2.75, 3.05) is 37.6 Å². The molecule has 7 nitrogen and oxygen atoms in total. The fourth-order valence-corrected chi connectivity index (χ4v) is 4.50. The normalized spacial score (nSPS) is 15.5. The molecule has 0 unspecified atom stereocenters. The molecule has 1 saturated heterocycles. The molecule has 172 valence electrons. The molecule has 4 N–H and O–H groups in total. The smallest absolute Gasteiger partial charge is 0.260 e. The van der Waals surface area contributed by atoms with Crippen molar-refractivity contribution in [1.29, 1.82) is 0 Å². The molecule has 0 bridgehead atoms. The fourth-order valence-electron chi connectivity index (χ4n) is 4.50. The Balaban J connectivity index is 1.34. The summed E-state index contributed by atoms with van der Waals surface area (Å²) in [5.74, 6) is 0.591. The molecule has 34 heavy (non-hydrogen) atoms. The van der Waals surface area contributed by atoms with Gasteiger partial charge in [0.05, 0.1) is 16.6 Å². The first-order chi connectivity index (χ1) is 16.7. The Morgan fingerprint density at radius 3 is 2.71 bits per heavy atom. The molecule has 1 aromatic carbocycles. The zero-order valence-electron chi connectivity index (χ0n) is 19.0. The topological polar surface area (TPSA) is 94.0 Å². The Hall–Kier alpha value is -4.10. The third-order valence-corrected chi connectivity index (χ3v) is 6.29. The average Bonchev–Trinajstić information content (AvgIpc) is 3.33. The third kappa shape index (κ3) is 4.25. The molecule has 5 rings (SSSR count). The number of aromatic nitrogens is 3. The first kappa shape index (κ1) is 21.7. The van der Waals surface area contributed by atoms with Crippen LogP contribution in [-0.4, -0.2) is 52.6 Å². The van der Waals surface area contributed by atoms with Crippen molar-refractivity contribution in [3.63, 3.8) is 0 Å². The van der Waals surface area contributed by atoms with E-state index in [1.807, 2.05) is 48.6 Å². The molecule has 3 aliphatic rings. The largest absolute Gasteiger partial charge is 0.404 e. The average molecular weight is 453 g/mol. The van der Waals surface area contributed by atoms with Crippen LogP contribution in [0.3, 0.4) is 0 Å². The van der Waals surface area contributed by atoms with E-state index >= 15 is 0 Å². The first-order valence-electron chi connectivity index (χ1n) is 11.4. The molecule has 2 aliphatic heterocycles. The van der Waals surface area contributed by atoms with Crippen LogP contribution in [0.5, 0.6) is 0 Å². The number of hydrogen-bond donors (Lipinski definition) is 3. The summed E-state index contributed by atoms with van der Waals surface area (Å²) in [5, 5.41) is 0. The first-order valence-corrected chi connectivity index (χ1v) is 11.4. The van der Waals surface area contributed by atoms with Crippen LogP contribution in [-0.2, 0) is 0 Å². The number of hydrogen-bond acceptors (Lipinski definition) is 5. The van der Waals surface area contributed by atoms with Gasteiger partial charge in [0.2, 0.25) is 0 Å². The second-order valence-corrected chi connectivity index (χ2v) is 8.45. The number of nitrogens with one attached hydrogen (secondary N) is 2. The maximum atomic E-state index is 12.7. The summed E-state index contributed by atoms with van der Waals surface area (Å²) in [5.41, 5.74) is 11.9. The van der Waals surface area contributed by atoms with Crippen LogP contribution in [0.4, 0.5) is 5.69 Å². The molecule has 0 radical (unpaired) electrons. The minimum atomic E-state index is -0.134. The highest BCUT2D eigenvalue weighted by atomic mass is 16.1. The van der Waals surface area contributed by atoms with Crippen LogP contribution < -0.4 is 16.2 Å². The molecule has 0 amide bonds. The lowest BCUT2D eigenvalue weighted by atomic mass is 10.1. The molecular formula is C27H28N6O. The van der Waals surface area contributed by atoms with Crippen LogP contribution in [0.15, 0.2) is 89.9 Å². The molecule has 1 aliphatic carbocycles. The number of piperazine rings is 1. The van der Waals surface area contributed by atoms with Gasteiger partial charge in [0.1, 0.15) is 5.82 Å². The summed E-state index contributed by atoms with van der Waals surface area (Å²) < 4.78 is 0. The highest BCUT2D eigenvalue weighted by Gasteiger charge is 2.21. The molecule has 0 saturated carbocycles. The van der Waals surface area contributed by atoms with E-state index in [-0.39, 0.29) is 5.56 Å². The van der Waals surface area contributed by atoms with Crippen molar-refractivity contribution < 1.29 is 0 Å². The fraction of sp³-hybridized carbons (Fsp3) is 0.185. The van der Waals surface area contributed by atoms with Crippen LogP contribution in [0.2, 0.25) is 0 Å². The Morgan fingerprint density at radius 1 is 1.09 bits per heavy atom. The maximum absolute atomic E-state index is 12.7. The van der Waals surface area contributed by atoms with Crippen LogP contribution in [0.1, 0.15) is 0 Å². The lowest BCUT2D eigenvalue weighted by Gasteiger charge is -2.36. The molecule has 3 heterocycles. The summed E-state index contributed by atoms with van der Waals surface area (Å²) in [4.78, 5) is 28.5. The summed E-state index contributed by atoms with van der Waals surface area (Å²) in [7, 11) is 0. The Kier molecular flexibility index (Phi) is 6.01. The van der Waals surface area contributed by atoms with E-state index in [0.717, 1.165) is 66.3 Å². The van der Waals surface area contributed by atoms with E-state index in [2.05, 4.69) is 38.5 Å². The highest BCUT2D eigenvalue weighted by Crippen LogP contribution is 2.30. The van der Waals surface area contributed by atoms with Gasteiger partial charge in [-0.05, 0) is 36.0 Å².